The van der Waals surface area contributed by atoms with Crippen molar-refractivity contribution in [3.63, 3.8) is 0 Å². The monoisotopic (exact) mass is 979 g/mol. The molecule has 4 nitrogen and oxygen atoms in total. The molecular formula is C70H71BN4. The van der Waals surface area contributed by atoms with Gasteiger partial charge in [-0.1, -0.05) is 189 Å². The van der Waals surface area contributed by atoms with Crippen LogP contribution in [0.25, 0.3) is 54.7 Å². The van der Waals surface area contributed by atoms with E-state index in [1.54, 1.807) is 0 Å². The summed E-state index contributed by atoms with van der Waals surface area (Å²) in [6.45, 7) is 35.0. The van der Waals surface area contributed by atoms with Crippen LogP contribution in [0.4, 0.5) is 34.3 Å². The van der Waals surface area contributed by atoms with Crippen LogP contribution in [0.3, 0.4) is 0 Å². The molecule has 0 unspecified atom stereocenters. The fraction of sp³-hybridized carbons (Fsp3) is 0.286. The Morgan fingerprint density at radius 3 is 1.31 bits per heavy atom. The summed E-state index contributed by atoms with van der Waals surface area (Å²) in [5, 5.41) is 6.47. The zero-order chi connectivity index (χ0) is 52.6. The first-order chi connectivity index (χ1) is 35.4. The van der Waals surface area contributed by atoms with E-state index in [2.05, 4.69) is 280 Å². The van der Waals surface area contributed by atoms with Gasteiger partial charge in [-0.2, -0.15) is 0 Å². The number of anilines is 6. The first kappa shape index (κ1) is 47.5. The molecule has 75 heavy (non-hydrogen) atoms. The highest BCUT2D eigenvalue weighted by Gasteiger charge is 2.49. The second-order valence-corrected chi connectivity index (χ2v) is 27.2. The van der Waals surface area contributed by atoms with Gasteiger partial charge < -0.3 is 9.30 Å². The van der Waals surface area contributed by atoms with Gasteiger partial charge in [-0.25, -0.2) is 0 Å². The summed E-state index contributed by atoms with van der Waals surface area (Å²) in [4.78, 5) is 5.39. The smallest absolute Gasteiger partial charge is 0.255 e. The Balaban J connectivity index is 1.33. The Morgan fingerprint density at radius 1 is 0.347 bits per heavy atom. The van der Waals surface area contributed by atoms with Crippen molar-refractivity contribution < 1.29 is 0 Å². The third-order valence-electron chi connectivity index (χ3n) is 17.0. The molecular weight excluding hydrogens is 908 g/mol. The van der Waals surface area contributed by atoms with Crippen molar-refractivity contribution >= 4 is 106 Å². The van der Waals surface area contributed by atoms with Crippen LogP contribution >= 0.6 is 0 Å². The van der Waals surface area contributed by atoms with Crippen molar-refractivity contribution in [1.82, 2.24) is 8.97 Å². The van der Waals surface area contributed by atoms with E-state index < -0.39 is 0 Å². The Morgan fingerprint density at radius 2 is 0.787 bits per heavy atom. The standard InChI is InChI=1S/C70H71BN4/c1-66(2,3)42-25-32-48(33-26-42)72-57-38-31-46(70(13,14)15)41-53(57)71-60-50-23-19-20-24-54(50)73(47-21-17-16-18-22-47)65(60)74(49-34-27-43(28-35-49)67(4,5)6)64-59-52-40-45(69(10,11)12)30-37-56(52)75-55-36-29-44(68(7,8)9)39-51(55)58(62(59)75)63(72)61(64)71/h16-41H,1-15H3. The van der Waals surface area contributed by atoms with Gasteiger partial charge in [0.2, 0.25) is 0 Å². The first-order valence-electron chi connectivity index (χ1n) is 27.4. The maximum atomic E-state index is 2.71. The topological polar surface area (TPSA) is 15.8 Å². The van der Waals surface area contributed by atoms with Crippen LogP contribution in [0, 0.1) is 0 Å². The third kappa shape index (κ3) is 6.95. The molecule has 3 aromatic heterocycles. The van der Waals surface area contributed by atoms with E-state index >= 15 is 0 Å². The summed E-state index contributed by atoms with van der Waals surface area (Å²) >= 11 is 0. The van der Waals surface area contributed by atoms with E-state index in [1.165, 1.54) is 122 Å². The van der Waals surface area contributed by atoms with E-state index in [1.807, 2.05) is 0 Å². The molecule has 11 aromatic rings. The number of benzene rings is 8. The SMILES string of the molecule is CC(C)(C)c1ccc(N2c3ccc(C(C)(C)C)cc3B3c4c2c2c5cc(C(C)(C)C)ccc5n5c6ccc(C(C)(C)C)cc6c(c4N(c4ccc(C(C)(C)C)cc4)c4c3c3ccccc3n4-c3ccccc3)c25)cc1. The Kier molecular flexibility index (Phi) is 9.92. The Hall–Kier alpha value is -7.24. The molecule has 0 fully saturated rings. The van der Waals surface area contributed by atoms with Gasteiger partial charge in [0.15, 0.2) is 0 Å². The molecule has 0 bridgehead atoms. The van der Waals surface area contributed by atoms with Gasteiger partial charge in [0.1, 0.15) is 5.82 Å². The minimum absolute atomic E-state index is 0.00125. The summed E-state index contributed by atoms with van der Waals surface area (Å²) in [6.07, 6.45) is 0. The summed E-state index contributed by atoms with van der Waals surface area (Å²) in [5.74, 6) is 1.19. The molecule has 0 aliphatic carbocycles. The highest BCUT2D eigenvalue weighted by atomic mass is 15.3. The molecule has 0 N–H and O–H groups in total. The van der Waals surface area contributed by atoms with Crippen molar-refractivity contribution in [3.05, 3.63) is 186 Å². The molecule has 2 aliphatic heterocycles. The maximum Gasteiger partial charge on any atom is 0.255 e. The fourth-order valence-electron chi connectivity index (χ4n) is 12.8. The average molecular weight is 979 g/mol. The first-order valence-corrected chi connectivity index (χ1v) is 27.4. The normalized spacial score (nSPS) is 14.3. The minimum atomic E-state index is -0.132. The van der Waals surface area contributed by atoms with Crippen LogP contribution in [0.1, 0.15) is 132 Å². The van der Waals surface area contributed by atoms with Gasteiger partial charge >= 0.3 is 0 Å². The second-order valence-electron chi connectivity index (χ2n) is 27.2. The van der Waals surface area contributed by atoms with E-state index in [0.29, 0.717) is 0 Å². The quantitative estimate of drug-likeness (QED) is 0.164. The number of hydrogen-bond acceptors (Lipinski definition) is 2. The molecule has 13 rings (SSSR count). The number of fused-ring (bicyclic) bond motifs is 14. The van der Waals surface area contributed by atoms with Crippen molar-refractivity contribution in [2.24, 2.45) is 0 Å². The molecule has 0 atom stereocenters. The zero-order valence-corrected chi connectivity index (χ0v) is 46.9. The van der Waals surface area contributed by atoms with Crippen LogP contribution in [0.2, 0.25) is 0 Å². The van der Waals surface area contributed by atoms with Crippen LogP contribution < -0.4 is 26.2 Å². The lowest BCUT2D eigenvalue weighted by molar-refractivity contribution is 0.590. The van der Waals surface area contributed by atoms with Crippen LogP contribution in [-0.4, -0.2) is 15.7 Å². The number of nitrogens with zero attached hydrogens (tertiary/aromatic N) is 4. The number of rotatable bonds is 3. The predicted octanol–water partition coefficient (Wildman–Crippen LogP) is 17.4. The van der Waals surface area contributed by atoms with E-state index in [4.69, 9.17) is 0 Å². The highest BCUT2D eigenvalue weighted by Crippen LogP contribution is 2.56. The molecule has 0 radical (unpaired) electrons. The van der Waals surface area contributed by atoms with Gasteiger partial charge in [0, 0.05) is 44.3 Å². The maximum absolute atomic E-state index is 2.71. The number of aromatic nitrogens is 2. The lowest BCUT2D eigenvalue weighted by atomic mass is 9.33. The number of para-hydroxylation sites is 2. The van der Waals surface area contributed by atoms with Crippen molar-refractivity contribution in [1.29, 1.82) is 0 Å². The molecule has 2 aliphatic rings. The second kappa shape index (κ2) is 15.7. The summed E-state index contributed by atoms with van der Waals surface area (Å²) in [6, 6.07) is 61.7. The average Bonchev–Trinajstić information content (AvgIpc) is 4.22. The van der Waals surface area contributed by atoms with Crippen molar-refractivity contribution in [2.75, 3.05) is 9.80 Å². The van der Waals surface area contributed by atoms with E-state index in [0.717, 1.165) is 11.4 Å². The summed E-state index contributed by atoms with van der Waals surface area (Å²) in [5.41, 5.74) is 22.6. The molecule has 0 spiro atoms. The van der Waals surface area contributed by atoms with Crippen LogP contribution in [0.5, 0.6) is 0 Å². The molecule has 5 heteroatoms. The lowest BCUT2D eigenvalue weighted by Crippen LogP contribution is -2.61. The van der Waals surface area contributed by atoms with Crippen LogP contribution in [-0.2, 0) is 27.1 Å². The van der Waals surface area contributed by atoms with E-state index in [-0.39, 0.29) is 33.8 Å². The third-order valence-corrected chi connectivity index (χ3v) is 17.0. The van der Waals surface area contributed by atoms with Crippen LogP contribution in [0.15, 0.2) is 158 Å². The van der Waals surface area contributed by atoms with Gasteiger partial charge in [-0.05, 0) is 149 Å². The van der Waals surface area contributed by atoms with Gasteiger partial charge in [-0.15, -0.1) is 0 Å². The molecule has 8 aromatic carbocycles. The molecule has 0 saturated heterocycles. The zero-order valence-electron chi connectivity index (χ0n) is 46.9. The van der Waals surface area contributed by atoms with Gasteiger partial charge in [-0.3, -0.25) is 9.47 Å². The summed E-state index contributed by atoms with van der Waals surface area (Å²) in [7, 11) is 0. The molecule has 0 amide bonds. The lowest BCUT2D eigenvalue weighted by Gasteiger charge is -2.45. The molecule has 0 saturated carbocycles. The Bertz CT molecular complexity index is 4120. The fourth-order valence-corrected chi connectivity index (χ4v) is 12.8. The minimum Gasteiger partial charge on any atom is -0.311 e. The van der Waals surface area contributed by atoms with Crippen molar-refractivity contribution in [3.8, 4) is 5.69 Å². The van der Waals surface area contributed by atoms with Gasteiger partial charge in [0.25, 0.3) is 6.71 Å². The van der Waals surface area contributed by atoms with Crippen molar-refractivity contribution in [2.45, 2.75) is 131 Å². The highest BCUT2D eigenvalue weighted by molar-refractivity contribution is 7.02. The largest absolute Gasteiger partial charge is 0.311 e. The number of hydrogen-bond donors (Lipinski definition) is 0. The van der Waals surface area contributed by atoms with Gasteiger partial charge in [0.05, 0.1) is 33.4 Å². The molecule has 5 heterocycles. The van der Waals surface area contributed by atoms with E-state index in [9.17, 15) is 0 Å². The Labute approximate surface area is 445 Å². The predicted molar refractivity (Wildman–Crippen MR) is 325 cm³/mol. The summed E-state index contributed by atoms with van der Waals surface area (Å²) < 4.78 is 5.22. The molecule has 374 valence electrons.